The van der Waals surface area contributed by atoms with Gasteiger partial charge in [0.2, 0.25) is 0 Å². The molecule has 0 bridgehead atoms. The van der Waals surface area contributed by atoms with Gasteiger partial charge in [0.1, 0.15) is 0 Å². The molecule has 0 fully saturated rings. The Morgan fingerprint density at radius 3 is 2.91 bits per heavy atom. The van der Waals surface area contributed by atoms with E-state index in [2.05, 4.69) is 33.9 Å². The second-order valence-corrected chi connectivity index (χ2v) is 3.62. The highest BCUT2D eigenvalue weighted by Gasteiger charge is 2.05. The summed E-state index contributed by atoms with van der Waals surface area (Å²) in [6.45, 7) is 2.18. The number of halogens is 1. The molecule has 0 amide bonds. The van der Waals surface area contributed by atoms with Crippen LogP contribution in [0.5, 0.6) is 0 Å². The number of aromatic nitrogens is 1. The molecule has 0 unspecified atom stereocenters. The normalized spacial score (nSPS) is 12.9. The van der Waals surface area contributed by atoms with Gasteiger partial charge in [-0.3, -0.25) is 4.98 Å². The smallest absolute Gasteiger partial charge is 0.0568 e. The van der Waals surface area contributed by atoms with Crippen molar-refractivity contribution in [3.05, 3.63) is 30.1 Å². The van der Waals surface area contributed by atoms with Crippen LogP contribution in [0.4, 0.5) is 0 Å². The summed E-state index contributed by atoms with van der Waals surface area (Å²) >= 11 is 3.58. The molecule has 60 valence electrons. The first kappa shape index (κ1) is 8.72. The monoisotopic (exact) mass is 213 g/mol. The molecule has 1 aromatic rings. The SMILES string of the molecule is CCC[C@@H](Br)c1ccccn1. The van der Waals surface area contributed by atoms with Gasteiger partial charge in [0.25, 0.3) is 0 Å². The Balaban J connectivity index is 2.61. The molecule has 0 saturated heterocycles. The highest BCUT2D eigenvalue weighted by atomic mass is 79.9. The minimum absolute atomic E-state index is 0.425. The van der Waals surface area contributed by atoms with Crippen molar-refractivity contribution >= 4 is 15.9 Å². The molecule has 1 aromatic heterocycles. The minimum atomic E-state index is 0.425. The van der Waals surface area contributed by atoms with E-state index >= 15 is 0 Å². The second-order valence-electron chi connectivity index (χ2n) is 2.51. The van der Waals surface area contributed by atoms with Crippen molar-refractivity contribution in [1.29, 1.82) is 0 Å². The van der Waals surface area contributed by atoms with E-state index in [4.69, 9.17) is 0 Å². The van der Waals surface area contributed by atoms with Crippen LogP contribution in [0.1, 0.15) is 30.3 Å². The summed E-state index contributed by atoms with van der Waals surface area (Å²) in [7, 11) is 0. The van der Waals surface area contributed by atoms with Crippen molar-refractivity contribution in [1.82, 2.24) is 4.98 Å². The van der Waals surface area contributed by atoms with Crippen LogP contribution in [-0.4, -0.2) is 4.98 Å². The average Bonchev–Trinajstić information content (AvgIpc) is 2.07. The van der Waals surface area contributed by atoms with Gasteiger partial charge in [-0.2, -0.15) is 0 Å². The number of hydrogen-bond donors (Lipinski definition) is 0. The van der Waals surface area contributed by atoms with Crippen LogP contribution in [-0.2, 0) is 0 Å². The predicted octanol–water partition coefficient (Wildman–Crippen LogP) is 3.32. The molecule has 2 heteroatoms. The van der Waals surface area contributed by atoms with E-state index in [1.807, 2.05) is 18.3 Å². The third-order valence-corrected chi connectivity index (χ3v) is 2.48. The lowest BCUT2D eigenvalue weighted by atomic mass is 10.2. The Hall–Kier alpha value is -0.370. The summed E-state index contributed by atoms with van der Waals surface area (Å²) in [6.07, 6.45) is 4.17. The lowest BCUT2D eigenvalue weighted by molar-refractivity contribution is 0.770. The topological polar surface area (TPSA) is 12.9 Å². The molecular weight excluding hydrogens is 202 g/mol. The highest BCUT2D eigenvalue weighted by Crippen LogP contribution is 2.24. The Kier molecular flexibility index (Phi) is 3.57. The van der Waals surface area contributed by atoms with Crippen molar-refractivity contribution in [2.45, 2.75) is 24.6 Å². The summed E-state index contributed by atoms with van der Waals surface area (Å²) in [4.78, 5) is 4.68. The number of rotatable bonds is 3. The molecule has 1 nitrogen and oxygen atoms in total. The van der Waals surface area contributed by atoms with Gasteiger partial charge >= 0.3 is 0 Å². The molecule has 0 N–H and O–H groups in total. The van der Waals surface area contributed by atoms with Crippen LogP contribution in [0.3, 0.4) is 0 Å². The number of alkyl halides is 1. The molecule has 0 saturated carbocycles. The molecule has 0 radical (unpaired) electrons. The van der Waals surface area contributed by atoms with Gasteiger partial charge in [0, 0.05) is 6.20 Å². The van der Waals surface area contributed by atoms with Crippen LogP contribution in [0.15, 0.2) is 24.4 Å². The lowest BCUT2D eigenvalue weighted by Crippen LogP contribution is -1.91. The number of pyridine rings is 1. The third kappa shape index (κ3) is 2.62. The van der Waals surface area contributed by atoms with E-state index < -0.39 is 0 Å². The van der Waals surface area contributed by atoms with Crippen LogP contribution in [0, 0.1) is 0 Å². The van der Waals surface area contributed by atoms with Crippen molar-refractivity contribution in [3.8, 4) is 0 Å². The Morgan fingerprint density at radius 1 is 1.55 bits per heavy atom. The van der Waals surface area contributed by atoms with Crippen molar-refractivity contribution in [3.63, 3.8) is 0 Å². The molecule has 0 aromatic carbocycles. The standard InChI is InChI=1S/C9H12BrN/c1-2-5-8(10)9-6-3-4-7-11-9/h3-4,6-8H,2,5H2,1H3/t8-/m1/s1. The summed E-state index contributed by atoms with van der Waals surface area (Å²) in [5, 5.41) is 0. The van der Waals surface area contributed by atoms with E-state index in [0.717, 1.165) is 12.1 Å². The summed E-state index contributed by atoms with van der Waals surface area (Å²) < 4.78 is 0. The fourth-order valence-corrected chi connectivity index (χ4v) is 1.69. The maximum Gasteiger partial charge on any atom is 0.0568 e. The zero-order valence-corrected chi connectivity index (χ0v) is 8.21. The molecule has 0 aliphatic carbocycles. The molecular formula is C9H12BrN. The first-order valence-electron chi connectivity index (χ1n) is 3.89. The van der Waals surface area contributed by atoms with Crippen molar-refractivity contribution < 1.29 is 0 Å². The fraction of sp³-hybridized carbons (Fsp3) is 0.444. The van der Waals surface area contributed by atoms with Crippen LogP contribution in [0.2, 0.25) is 0 Å². The van der Waals surface area contributed by atoms with Crippen LogP contribution < -0.4 is 0 Å². The zero-order chi connectivity index (χ0) is 8.10. The fourth-order valence-electron chi connectivity index (χ4n) is 0.963. The summed E-state index contributed by atoms with van der Waals surface area (Å²) in [5.41, 5.74) is 1.13. The van der Waals surface area contributed by atoms with Gasteiger partial charge in [-0.25, -0.2) is 0 Å². The number of nitrogens with zero attached hydrogens (tertiary/aromatic N) is 1. The van der Waals surface area contributed by atoms with Gasteiger partial charge in [0.05, 0.1) is 10.5 Å². The molecule has 11 heavy (non-hydrogen) atoms. The van der Waals surface area contributed by atoms with Crippen molar-refractivity contribution in [2.24, 2.45) is 0 Å². The minimum Gasteiger partial charge on any atom is -0.260 e. The lowest BCUT2D eigenvalue weighted by Gasteiger charge is -2.05. The zero-order valence-electron chi connectivity index (χ0n) is 6.63. The van der Waals surface area contributed by atoms with E-state index in [1.54, 1.807) is 0 Å². The van der Waals surface area contributed by atoms with Gasteiger partial charge in [-0.1, -0.05) is 35.3 Å². The first-order chi connectivity index (χ1) is 5.34. The quantitative estimate of drug-likeness (QED) is 0.703. The van der Waals surface area contributed by atoms with Crippen LogP contribution >= 0.6 is 15.9 Å². The first-order valence-corrected chi connectivity index (χ1v) is 4.81. The maximum atomic E-state index is 4.25. The Bertz CT molecular complexity index is 198. The van der Waals surface area contributed by atoms with E-state index in [0.29, 0.717) is 4.83 Å². The van der Waals surface area contributed by atoms with Crippen molar-refractivity contribution in [2.75, 3.05) is 0 Å². The van der Waals surface area contributed by atoms with E-state index in [1.165, 1.54) is 6.42 Å². The van der Waals surface area contributed by atoms with Crippen LogP contribution in [0.25, 0.3) is 0 Å². The Labute approximate surface area is 76.0 Å². The third-order valence-electron chi connectivity index (χ3n) is 1.55. The summed E-state index contributed by atoms with van der Waals surface area (Å²) in [5.74, 6) is 0. The molecule has 1 rings (SSSR count). The predicted molar refractivity (Wildman–Crippen MR) is 50.8 cm³/mol. The highest BCUT2D eigenvalue weighted by molar-refractivity contribution is 9.09. The largest absolute Gasteiger partial charge is 0.260 e. The molecule has 0 spiro atoms. The average molecular weight is 214 g/mol. The van der Waals surface area contributed by atoms with Gasteiger partial charge in [-0.05, 0) is 18.6 Å². The van der Waals surface area contributed by atoms with Gasteiger partial charge in [-0.15, -0.1) is 0 Å². The van der Waals surface area contributed by atoms with E-state index in [-0.39, 0.29) is 0 Å². The van der Waals surface area contributed by atoms with E-state index in [9.17, 15) is 0 Å². The second kappa shape index (κ2) is 4.50. The summed E-state index contributed by atoms with van der Waals surface area (Å²) in [6, 6.07) is 6.01. The molecule has 1 atom stereocenters. The molecule has 1 heterocycles. The maximum absolute atomic E-state index is 4.25. The Morgan fingerprint density at radius 2 is 2.36 bits per heavy atom. The molecule has 0 aliphatic heterocycles. The number of hydrogen-bond acceptors (Lipinski definition) is 1. The van der Waals surface area contributed by atoms with Gasteiger partial charge in [0.15, 0.2) is 0 Å². The van der Waals surface area contributed by atoms with Gasteiger partial charge < -0.3 is 0 Å². The molecule has 0 aliphatic rings.